The van der Waals surface area contributed by atoms with Gasteiger partial charge in [-0.3, -0.25) is 9.59 Å². The monoisotopic (exact) mass is 388 g/mol. The van der Waals surface area contributed by atoms with E-state index in [1.807, 2.05) is 78.9 Å². The maximum Gasteiger partial charge on any atom is 0.247 e. The van der Waals surface area contributed by atoms with Gasteiger partial charge in [-0.2, -0.15) is 0 Å². The number of ether oxygens (including phenoxy) is 1. The zero-order chi connectivity index (χ0) is 20.6. The Kier molecular flexibility index (Phi) is 6.63. The van der Waals surface area contributed by atoms with Crippen molar-refractivity contribution in [3.05, 3.63) is 84.4 Å². The largest absolute Gasteiger partial charge is 0.497 e. The summed E-state index contributed by atoms with van der Waals surface area (Å²) >= 11 is 0. The van der Waals surface area contributed by atoms with Gasteiger partial charge >= 0.3 is 0 Å². The van der Waals surface area contributed by atoms with Crippen LogP contribution in [0.5, 0.6) is 5.75 Å². The fourth-order valence-electron chi connectivity index (χ4n) is 3.10. The van der Waals surface area contributed by atoms with E-state index in [1.165, 1.54) is 6.92 Å². The highest BCUT2D eigenvalue weighted by Crippen LogP contribution is 2.21. The summed E-state index contributed by atoms with van der Waals surface area (Å²) in [6.45, 7) is 1.40. The molecule has 0 aliphatic rings. The van der Waals surface area contributed by atoms with Crippen molar-refractivity contribution in [1.29, 1.82) is 0 Å². The number of anilines is 1. The van der Waals surface area contributed by atoms with Crippen LogP contribution < -0.4 is 15.4 Å². The van der Waals surface area contributed by atoms with Gasteiger partial charge in [0, 0.05) is 19.0 Å². The number of rotatable bonds is 7. The zero-order valence-electron chi connectivity index (χ0n) is 16.5. The molecule has 5 nitrogen and oxygen atoms in total. The minimum absolute atomic E-state index is 0.257. The lowest BCUT2D eigenvalue weighted by molar-refractivity contribution is -0.125. The predicted molar refractivity (Wildman–Crippen MR) is 115 cm³/mol. The Balaban J connectivity index is 1.71. The van der Waals surface area contributed by atoms with Crippen molar-refractivity contribution >= 4 is 17.5 Å². The summed E-state index contributed by atoms with van der Waals surface area (Å²) in [6, 6.07) is 24.4. The normalized spacial score (nSPS) is 11.4. The van der Waals surface area contributed by atoms with Gasteiger partial charge in [-0.1, -0.05) is 54.6 Å². The van der Waals surface area contributed by atoms with E-state index >= 15 is 0 Å². The van der Waals surface area contributed by atoms with Gasteiger partial charge in [-0.15, -0.1) is 0 Å². The highest BCUT2D eigenvalue weighted by atomic mass is 16.5. The first-order valence-electron chi connectivity index (χ1n) is 9.41. The Hall–Kier alpha value is -3.60. The Morgan fingerprint density at radius 2 is 1.59 bits per heavy atom. The SMILES string of the molecule is COc1cccc(CC(NC(C)=O)C(=O)Nc2ccc(-c3ccccc3)cc2)c1. The first-order valence-corrected chi connectivity index (χ1v) is 9.41. The molecule has 29 heavy (non-hydrogen) atoms. The molecular weight excluding hydrogens is 364 g/mol. The van der Waals surface area contributed by atoms with Crippen molar-refractivity contribution < 1.29 is 14.3 Å². The summed E-state index contributed by atoms with van der Waals surface area (Å²) in [5.41, 5.74) is 3.76. The fourth-order valence-corrected chi connectivity index (χ4v) is 3.10. The molecule has 0 aliphatic carbocycles. The highest BCUT2D eigenvalue weighted by Gasteiger charge is 2.20. The summed E-state index contributed by atoms with van der Waals surface area (Å²) in [6.07, 6.45) is 0.366. The minimum atomic E-state index is -0.687. The van der Waals surface area contributed by atoms with Crippen LogP contribution in [0.3, 0.4) is 0 Å². The topological polar surface area (TPSA) is 67.4 Å². The second-order valence-electron chi connectivity index (χ2n) is 6.74. The second-order valence-corrected chi connectivity index (χ2v) is 6.74. The molecule has 0 heterocycles. The number of amides is 2. The average Bonchev–Trinajstić information content (AvgIpc) is 2.74. The zero-order valence-corrected chi connectivity index (χ0v) is 16.5. The third kappa shape index (κ3) is 5.69. The summed E-state index contributed by atoms with van der Waals surface area (Å²) in [7, 11) is 1.59. The van der Waals surface area contributed by atoms with E-state index in [2.05, 4.69) is 10.6 Å². The third-order valence-electron chi connectivity index (χ3n) is 4.53. The van der Waals surface area contributed by atoms with Crippen LogP contribution >= 0.6 is 0 Å². The van der Waals surface area contributed by atoms with Crippen molar-refractivity contribution in [2.45, 2.75) is 19.4 Å². The molecule has 1 unspecified atom stereocenters. The summed E-state index contributed by atoms with van der Waals surface area (Å²) in [5.74, 6) is 0.184. The van der Waals surface area contributed by atoms with Crippen LogP contribution in [0, 0.1) is 0 Å². The van der Waals surface area contributed by atoms with Gasteiger partial charge in [0.15, 0.2) is 0 Å². The fraction of sp³-hybridized carbons (Fsp3) is 0.167. The molecule has 5 heteroatoms. The van der Waals surface area contributed by atoms with Gasteiger partial charge < -0.3 is 15.4 Å². The lowest BCUT2D eigenvalue weighted by atomic mass is 10.0. The number of carbonyl (C=O) groups is 2. The molecule has 3 rings (SSSR count). The number of hydrogen-bond donors (Lipinski definition) is 2. The molecule has 3 aromatic rings. The minimum Gasteiger partial charge on any atom is -0.497 e. The molecule has 148 valence electrons. The van der Waals surface area contributed by atoms with Crippen molar-refractivity contribution in [3.63, 3.8) is 0 Å². The summed E-state index contributed by atoms with van der Waals surface area (Å²) in [5, 5.41) is 5.62. The second kappa shape index (κ2) is 9.55. The number of benzene rings is 3. The number of methoxy groups -OCH3 is 1. The maximum absolute atomic E-state index is 12.8. The molecule has 2 N–H and O–H groups in total. The maximum atomic E-state index is 12.8. The van der Waals surface area contributed by atoms with Crippen molar-refractivity contribution in [3.8, 4) is 16.9 Å². The molecule has 0 spiro atoms. The molecule has 0 fully saturated rings. The molecule has 0 aliphatic heterocycles. The number of hydrogen-bond acceptors (Lipinski definition) is 3. The molecule has 0 saturated carbocycles. The quantitative estimate of drug-likeness (QED) is 0.642. The Morgan fingerprint density at radius 1 is 0.897 bits per heavy atom. The molecule has 0 bridgehead atoms. The van der Waals surface area contributed by atoms with Gasteiger partial charge in [0.25, 0.3) is 0 Å². The van der Waals surface area contributed by atoms with Crippen LogP contribution in [0.2, 0.25) is 0 Å². The van der Waals surface area contributed by atoms with Crippen LogP contribution in [-0.2, 0) is 16.0 Å². The standard InChI is InChI=1S/C24H24N2O3/c1-17(27)25-23(16-18-7-6-10-22(15-18)29-2)24(28)26-21-13-11-20(12-14-21)19-8-4-3-5-9-19/h3-15,23H,16H2,1-2H3,(H,25,27)(H,26,28). The lowest BCUT2D eigenvalue weighted by Crippen LogP contribution is -2.44. The Labute approximate surface area is 170 Å². The average molecular weight is 388 g/mol. The van der Waals surface area contributed by atoms with E-state index in [0.29, 0.717) is 17.9 Å². The molecule has 2 amide bonds. The lowest BCUT2D eigenvalue weighted by Gasteiger charge is -2.18. The van der Waals surface area contributed by atoms with Crippen LogP contribution in [-0.4, -0.2) is 25.0 Å². The summed E-state index contributed by atoms with van der Waals surface area (Å²) in [4.78, 5) is 24.4. The van der Waals surface area contributed by atoms with Crippen LogP contribution in [0.4, 0.5) is 5.69 Å². The molecule has 3 aromatic carbocycles. The van der Waals surface area contributed by atoms with Gasteiger partial charge in [0.2, 0.25) is 11.8 Å². The highest BCUT2D eigenvalue weighted by molar-refractivity contribution is 5.97. The van der Waals surface area contributed by atoms with Gasteiger partial charge in [0.05, 0.1) is 7.11 Å². The Morgan fingerprint density at radius 3 is 2.24 bits per heavy atom. The number of carbonyl (C=O) groups excluding carboxylic acids is 2. The van der Waals surface area contributed by atoms with Crippen LogP contribution in [0.1, 0.15) is 12.5 Å². The molecule has 1 atom stereocenters. The Bertz CT molecular complexity index is 969. The third-order valence-corrected chi connectivity index (χ3v) is 4.53. The van der Waals surface area contributed by atoms with Gasteiger partial charge in [-0.05, 0) is 41.0 Å². The van der Waals surface area contributed by atoms with Crippen LogP contribution in [0.25, 0.3) is 11.1 Å². The van der Waals surface area contributed by atoms with E-state index < -0.39 is 6.04 Å². The predicted octanol–water partition coefficient (Wildman–Crippen LogP) is 4.05. The van der Waals surface area contributed by atoms with E-state index in [4.69, 9.17) is 4.74 Å². The smallest absolute Gasteiger partial charge is 0.247 e. The van der Waals surface area contributed by atoms with Crippen molar-refractivity contribution in [2.75, 3.05) is 12.4 Å². The first kappa shape index (κ1) is 20.1. The van der Waals surface area contributed by atoms with Crippen LogP contribution in [0.15, 0.2) is 78.9 Å². The summed E-state index contributed by atoms with van der Waals surface area (Å²) < 4.78 is 5.23. The van der Waals surface area contributed by atoms with E-state index in [1.54, 1.807) is 7.11 Å². The molecule has 0 radical (unpaired) electrons. The van der Waals surface area contributed by atoms with E-state index in [9.17, 15) is 9.59 Å². The van der Waals surface area contributed by atoms with Crippen molar-refractivity contribution in [1.82, 2.24) is 5.32 Å². The van der Waals surface area contributed by atoms with Gasteiger partial charge in [-0.25, -0.2) is 0 Å². The molecule has 0 aromatic heterocycles. The number of nitrogens with one attached hydrogen (secondary N) is 2. The molecular formula is C24H24N2O3. The molecule has 0 saturated heterocycles. The van der Waals surface area contributed by atoms with Crippen molar-refractivity contribution in [2.24, 2.45) is 0 Å². The van der Waals surface area contributed by atoms with E-state index in [0.717, 1.165) is 16.7 Å². The van der Waals surface area contributed by atoms with E-state index in [-0.39, 0.29) is 11.8 Å². The van der Waals surface area contributed by atoms with Gasteiger partial charge in [0.1, 0.15) is 11.8 Å². The first-order chi connectivity index (χ1) is 14.0.